The van der Waals surface area contributed by atoms with Gasteiger partial charge in [0.1, 0.15) is 12.2 Å². The first-order chi connectivity index (χ1) is 11.9. The molecule has 0 bridgehead atoms. The van der Waals surface area contributed by atoms with Gasteiger partial charge in [0.25, 0.3) is 0 Å². The van der Waals surface area contributed by atoms with E-state index in [1.54, 1.807) is 13.8 Å². The van der Waals surface area contributed by atoms with Crippen LogP contribution in [0.5, 0.6) is 0 Å². The predicted octanol–water partition coefficient (Wildman–Crippen LogP) is 1.91. The van der Waals surface area contributed by atoms with Gasteiger partial charge in [0.2, 0.25) is 0 Å². The van der Waals surface area contributed by atoms with Gasteiger partial charge in [0.05, 0.1) is 23.0 Å². The lowest BCUT2D eigenvalue weighted by atomic mass is 9.63. The number of aliphatic hydroxyl groups is 2. The first kappa shape index (κ1) is 19.6. The SMILES string of the molecule is C[C@H]1C(=O)O[C@@H]2C[C@](C)(O)[C@@H](C)[C@H]3[C@@H](C[C@](C)(O)[C@@H](C)[C@@H]21)OC(=O)[C@@H]3C. The molecule has 0 unspecified atom stereocenters. The van der Waals surface area contributed by atoms with Crippen LogP contribution in [0.2, 0.25) is 0 Å². The van der Waals surface area contributed by atoms with E-state index in [2.05, 4.69) is 0 Å². The minimum atomic E-state index is -1.11. The van der Waals surface area contributed by atoms with Crippen LogP contribution in [0.3, 0.4) is 0 Å². The van der Waals surface area contributed by atoms with Crippen LogP contribution in [0.1, 0.15) is 54.4 Å². The van der Waals surface area contributed by atoms with Crippen molar-refractivity contribution in [3.8, 4) is 0 Å². The van der Waals surface area contributed by atoms with E-state index in [9.17, 15) is 19.8 Å². The van der Waals surface area contributed by atoms with Crippen molar-refractivity contribution < 1.29 is 29.3 Å². The molecule has 2 aliphatic heterocycles. The molecule has 148 valence electrons. The quantitative estimate of drug-likeness (QED) is 0.635. The molecule has 2 saturated heterocycles. The second-order valence-electron chi connectivity index (χ2n) is 9.38. The molecular formula is C20H32O6. The average Bonchev–Trinajstić information content (AvgIpc) is 2.93. The Morgan fingerprint density at radius 1 is 0.769 bits per heavy atom. The Morgan fingerprint density at radius 3 is 1.38 bits per heavy atom. The van der Waals surface area contributed by atoms with Gasteiger partial charge in [-0.3, -0.25) is 9.59 Å². The molecule has 2 heterocycles. The lowest BCUT2D eigenvalue weighted by molar-refractivity contribution is -0.153. The number of hydrogen-bond acceptors (Lipinski definition) is 6. The minimum Gasteiger partial charge on any atom is -0.462 e. The third kappa shape index (κ3) is 2.95. The second-order valence-corrected chi connectivity index (χ2v) is 9.38. The van der Waals surface area contributed by atoms with E-state index in [1.807, 2.05) is 27.7 Å². The highest BCUT2D eigenvalue weighted by atomic mass is 16.6. The number of carbonyl (C=O) groups excluding carboxylic acids is 2. The Morgan fingerprint density at radius 2 is 1.08 bits per heavy atom. The smallest absolute Gasteiger partial charge is 0.309 e. The highest BCUT2D eigenvalue weighted by Crippen LogP contribution is 2.50. The summed E-state index contributed by atoms with van der Waals surface area (Å²) in [6.07, 6.45) is -0.304. The van der Waals surface area contributed by atoms with E-state index < -0.39 is 23.4 Å². The molecule has 1 saturated carbocycles. The van der Waals surface area contributed by atoms with Crippen LogP contribution in [0.25, 0.3) is 0 Å². The summed E-state index contributed by atoms with van der Waals surface area (Å²) in [6, 6.07) is 0. The Bertz CT molecular complexity index is 545. The van der Waals surface area contributed by atoms with Crippen LogP contribution >= 0.6 is 0 Å². The predicted molar refractivity (Wildman–Crippen MR) is 93.9 cm³/mol. The summed E-state index contributed by atoms with van der Waals surface area (Å²) in [5.74, 6) is -2.09. The van der Waals surface area contributed by atoms with Gasteiger partial charge in [0, 0.05) is 24.7 Å². The normalized spacial score (nSPS) is 54.9. The number of fused-ring (bicyclic) bond motifs is 2. The fourth-order valence-corrected chi connectivity index (χ4v) is 5.51. The average molecular weight is 368 g/mol. The molecular weight excluding hydrogens is 336 g/mol. The van der Waals surface area contributed by atoms with Gasteiger partial charge in [-0.2, -0.15) is 0 Å². The van der Waals surface area contributed by atoms with Crippen LogP contribution < -0.4 is 0 Å². The summed E-state index contributed by atoms with van der Waals surface area (Å²) in [5.41, 5.74) is -2.22. The highest BCUT2D eigenvalue weighted by Gasteiger charge is 2.57. The van der Waals surface area contributed by atoms with Crippen molar-refractivity contribution in [3.05, 3.63) is 0 Å². The van der Waals surface area contributed by atoms with Crippen LogP contribution in [0, 0.1) is 35.5 Å². The standard InChI is InChI=1S/C20H32O6/c1-9-15-11(3)19(5,23)8-14-16(10(2)18(22)26-14)12(4)20(6,24)7-13(15)25-17(9)21/h9-16,23-24H,7-8H2,1-6H3/t9-,10-,11+,12+,13-,14-,15+,16+,19+,20+/m1/s1. The maximum atomic E-state index is 12.2. The Balaban J connectivity index is 2.04. The van der Waals surface area contributed by atoms with E-state index in [1.165, 1.54) is 0 Å². The molecule has 3 aliphatic rings. The topological polar surface area (TPSA) is 93.1 Å². The van der Waals surface area contributed by atoms with Crippen LogP contribution in [0.15, 0.2) is 0 Å². The van der Waals surface area contributed by atoms with Gasteiger partial charge >= 0.3 is 11.9 Å². The van der Waals surface area contributed by atoms with Gasteiger partial charge < -0.3 is 19.7 Å². The van der Waals surface area contributed by atoms with E-state index in [0.29, 0.717) is 12.8 Å². The number of rotatable bonds is 0. The molecule has 0 aromatic carbocycles. The van der Waals surface area contributed by atoms with Crippen LogP contribution in [-0.4, -0.2) is 45.6 Å². The summed E-state index contributed by atoms with van der Waals surface area (Å²) in [7, 11) is 0. The lowest BCUT2D eigenvalue weighted by Gasteiger charge is -2.45. The summed E-state index contributed by atoms with van der Waals surface area (Å²) in [6.45, 7) is 11.0. The maximum Gasteiger partial charge on any atom is 0.309 e. The molecule has 6 nitrogen and oxygen atoms in total. The van der Waals surface area contributed by atoms with E-state index in [4.69, 9.17) is 9.47 Å². The maximum absolute atomic E-state index is 12.2. The number of ether oxygens (including phenoxy) is 2. The zero-order valence-corrected chi connectivity index (χ0v) is 16.6. The fourth-order valence-electron chi connectivity index (χ4n) is 5.51. The second kappa shape index (κ2) is 6.20. The molecule has 0 aromatic rings. The van der Waals surface area contributed by atoms with Gasteiger partial charge in [-0.25, -0.2) is 0 Å². The molecule has 0 aromatic heterocycles. The summed E-state index contributed by atoms with van der Waals surface area (Å²) < 4.78 is 11.2. The first-order valence-electron chi connectivity index (χ1n) is 9.72. The number of carbonyl (C=O) groups is 2. The monoisotopic (exact) mass is 368 g/mol. The van der Waals surface area contributed by atoms with Crippen molar-refractivity contribution >= 4 is 11.9 Å². The van der Waals surface area contributed by atoms with Crippen LogP contribution in [-0.2, 0) is 19.1 Å². The van der Waals surface area contributed by atoms with Gasteiger partial charge in [-0.05, 0) is 25.7 Å². The molecule has 6 heteroatoms. The third-order valence-electron chi connectivity index (χ3n) is 7.64. The molecule has 0 amide bonds. The fraction of sp³-hybridized carbons (Fsp3) is 0.900. The molecule has 0 radical (unpaired) electrons. The Hall–Kier alpha value is -1.14. The molecule has 10 atom stereocenters. The van der Waals surface area contributed by atoms with E-state index in [-0.39, 0.29) is 47.4 Å². The largest absolute Gasteiger partial charge is 0.462 e. The zero-order valence-electron chi connectivity index (χ0n) is 16.6. The van der Waals surface area contributed by atoms with Gasteiger partial charge in [-0.1, -0.05) is 27.7 Å². The highest BCUT2D eigenvalue weighted by molar-refractivity contribution is 5.75. The first-order valence-corrected chi connectivity index (χ1v) is 9.72. The zero-order chi connectivity index (χ0) is 19.6. The van der Waals surface area contributed by atoms with Crippen molar-refractivity contribution in [2.24, 2.45) is 35.5 Å². The molecule has 26 heavy (non-hydrogen) atoms. The van der Waals surface area contributed by atoms with Crippen LogP contribution in [0.4, 0.5) is 0 Å². The summed E-state index contributed by atoms with van der Waals surface area (Å²) >= 11 is 0. The van der Waals surface area contributed by atoms with Gasteiger partial charge in [0.15, 0.2) is 0 Å². The van der Waals surface area contributed by atoms with Crippen molar-refractivity contribution in [3.63, 3.8) is 0 Å². The van der Waals surface area contributed by atoms with Crippen molar-refractivity contribution in [2.75, 3.05) is 0 Å². The van der Waals surface area contributed by atoms with Gasteiger partial charge in [-0.15, -0.1) is 0 Å². The van der Waals surface area contributed by atoms with Crippen molar-refractivity contribution in [1.29, 1.82) is 0 Å². The molecule has 1 aliphatic carbocycles. The van der Waals surface area contributed by atoms with E-state index in [0.717, 1.165) is 0 Å². The molecule has 0 spiro atoms. The van der Waals surface area contributed by atoms with Crippen molar-refractivity contribution in [2.45, 2.75) is 77.8 Å². The lowest BCUT2D eigenvalue weighted by Crippen LogP contribution is -2.52. The van der Waals surface area contributed by atoms with E-state index >= 15 is 0 Å². The molecule has 3 rings (SSSR count). The molecule has 3 fully saturated rings. The summed E-state index contributed by atoms with van der Waals surface area (Å²) in [5, 5.41) is 22.5. The van der Waals surface area contributed by atoms with Crippen molar-refractivity contribution in [1.82, 2.24) is 0 Å². The minimum absolute atomic E-state index is 0.192. The number of hydrogen-bond donors (Lipinski definition) is 2. The molecule has 2 N–H and O–H groups in total. The Kier molecular flexibility index (Phi) is 4.67. The third-order valence-corrected chi connectivity index (χ3v) is 7.64. The number of esters is 2. The summed E-state index contributed by atoms with van der Waals surface area (Å²) in [4.78, 5) is 24.4. The Labute approximate surface area is 155 Å².